The molecule has 0 aromatic rings. The highest BCUT2D eigenvalue weighted by atomic mass is 31.2. The van der Waals surface area contributed by atoms with Crippen LogP contribution in [0.5, 0.6) is 0 Å². The first-order valence-corrected chi connectivity index (χ1v) is 45.8. The molecule has 0 saturated carbocycles. The second kappa shape index (κ2) is 81.4. The van der Waals surface area contributed by atoms with Crippen molar-refractivity contribution in [2.75, 3.05) is 39.6 Å². The molecule has 5 atom stereocenters. The van der Waals surface area contributed by atoms with Crippen molar-refractivity contribution >= 4 is 33.6 Å². The van der Waals surface area contributed by atoms with Gasteiger partial charge in [0.15, 0.2) is 6.10 Å². The number of hydrogen-bond donors (Lipinski definition) is 4. The highest BCUT2D eigenvalue weighted by molar-refractivity contribution is 7.47. The average Bonchev–Trinajstić information content (AvgIpc) is 0.912. The number of carbonyl (C=O) groups is 3. The van der Waals surface area contributed by atoms with Gasteiger partial charge in [0.2, 0.25) is 0 Å². The van der Waals surface area contributed by atoms with Gasteiger partial charge in [-0.3, -0.25) is 32.5 Å². The molecule has 0 bridgehead atoms. The molecule has 618 valence electrons. The molecule has 16 nitrogen and oxygen atoms in total. The molecule has 4 N–H and O–H groups in total. The number of unbranched alkanes of at least 4 members (excludes halogenated alkanes) is 38. The minimum atomic E-state index is -4.94. The summed E-state index contributed by atoms with van der Waals surface area (Å²) in [5.41, 5.74) is 0. The molecule has 0 radical (unpaired) electrons. The summed E-state index contributed by atoms with van der Waals surface area (Å²) in [5, 5.41) is 20.7. The lowest BCUT2D eigenvalue weighted by atomic mass is 10.0. The van der Waals surface area contributed by atoms with Crippen LogP contribution in [0.2, 0.25) is 0 Å². The van der Waals surface area contributed by atoms with E-state index < -0.39 is 91.5 Å². The van der Waals surface area contributed by atoms with E-state index in [1.807, 2.05) is 0 Å². The second-order valence-corrected chi connectivity index (χ2v) is 31.5. The first-order valence-electron chi connectivity index (χ1n) is 42.8. The normalized spacial score (nSPS) is 14.5. The van der Waals surface area contributed by atoms with Crippen molar-refractivity contribution in [2.24, 2.45) is 0 Å². The van der Waals surface area contributed by atoms with Gasteiger partial charge in [0.05, 0.1) is 26.4 Å². The van der Waals surface area contributed by atoms with Gasteiger partial charge in [0.25, 0.3) is 0 Å². The Hall–Kier alpha value is -4.05. The van der Waals surface area contributed by atoms with E-state index in [4.69, 9.17) is 32.3 Å². The van der Waals surface area contributed by atoms with Crippen molar-refractivity contribution in [3.05, 3.63) is 122 Å². The summed E-state index contributed by atoms with van der Waals surface area (Å²) >= 11 is 0. The molecule has 0 heterocycles. The van der Waals surface area contributed by atoms with Crippen LogP contribution in [0.3, 0.4) is 0 Å². The Labute approximate surface area is 653 Å². The number of carbonyl (C=O) groups excluding carboxylic acids is 3. The molecule has 18 heteroatoms. The zero-order valence-corrected chi connectivity index (χ0v) is 69.6. The van der Waals surface area contributed by atoms with Crippen LogP contribution in [-0.4, -0.2) is 95.9 Å². The van der Waals surface area contributed by atoms with Gasteiger partial charge in [-0.15, -0.1) is 0 Å². The third kappa shape index (κ3) is 82.7. The van der Waals surface area contributed by atoms with Crippen molar-refractivity contribution in [3.63, 3.8) is 0 Å². The molecule has 5 unspecified atom stereocenters. The largest absolute Gasteiger partial charge is 0.472 e. The number of phosphoric ester groups is 2. The number of allylic oxidation sites excluding steroid dienone is 20. The van der Waals surface area contributed by atoms with Crippen LogP contribution in [0.4, 0.5) is 0 Å². The van der Waals surface area contributed by atoms with E-state index in [9.17, 15) is 43.5 Å². The maximum absolute atomic E-state index is 13.0. The van der Waals surface area contributed by atoms with Crippen molar-refractivity contribution < 1.29 is 75.8 Å². The Bertz CT molecular complexity index is 2430. The van der Waals surface area contributed by atoms with Crippen molar-refractivity contribution in [3.8, 4) is 0 Å². The highest BCUT2D eigenvalue weighted by Gasteiger charge is 2.29. The number of hydrogen-bond acceptors (Lipinski definition) is 14. The monoisotopic (exact) mass is 1540 g/mol. The highest BCUT2D eigenvalue weighted by Crippen LogP contribution is 2.45. The van der Waals surface area contributed by atoms with Crippen LogP contribution >= 0.6 is 15.6 Å². The molecule has 0 rings (SSSR count). The first kappa shape index (κ1) is 103. The molecule has 0 amide bonds. The van der Waals surface area contributed by atoms with E-state index in [1.54, 1.807) is 0 Å². The number of esters is 3. The predicted octanol–water partition coefficient (Wildman–Crippen LogP) is 25.7. The van der Waals surface area contributed by atoms with Gasteiger partial charge >= 0.3 is 33.6 Å². The average molecular weight is 1540 g/mol. The van der Waals surface area contributed by atoms with E-state index in [0.29, 0.717) is 19.3 Å². The fraction of sp³-hybridized carbons (Fsp3) is 0.742. The number of rotatable bonds is 81. The van der Waals surface area contributed by atoms with E-state index in [1.165, 1.54) is 180 Å². The summed E-state index contributed by atoms with van der Waals surface area (Å²) in [5.74, 6) is -1.59. The number of aliphatic hydroxyl groups is 2. The Morgan fingerprint density at radius 2 is 0.495 bits per heavy atom. The first-order chi connectivity index (χ1) is 52.2. The van der Waals surface area contributed by atoms with Crippen LogP contribution in [-0.2, 0) is 55.8 Å². The van der Waals surface area contributed by atoms with Crippen LogP contribution in [0.15, 0.2) is 122 Å². The molecular weight excluding hydrogens is 1390 g/mol. The summed E-state index contributed by atoms with van der Waals surface area (Å²) in [6.45, 7) is 2.56. The number of ether oxygens (including phenoxy) is 3. The minimum Gasteiger partial charge on any atom is -0.463 e. The lowest BCUT2D eigenvalue weighted by molar-refractivity contribution is -0.161. The quantitative estimate of drug-likeness (QED) is 0.0146. The molecule has 0 aromatic carbocycles. The summed E-state index contributed by atoms with van der Waals surface area (Å²) in [4.78, 5) is 58.8. The van der Waals surface area contributed by atoms with Gasteiger partial charge < -0.3 is 34.2 Å². The van der Waals surface area contributed by atoms with Crippen molar-refractivity contribution in [2.45, 2.75) is 386 Å². The summed E-state index contributed by atoms with van der Waals surface area (Å²) < 4.78 is 61.3. The number of phosphoric acid groups is 2. The van der Waals surface area contributed by atoms with Gasteiger partial charge in [0, 0.05) is 19.3 Å². The maximum atomic E-state index is 13.0. The van der Waals surface area contributed by atoms with Crippen LogP contribution in [0.25, 0.3) is 0 Å². The van der Waals surface area contributed by atoms with Crippen molar-refractivity contribution in [1.82, 2.24) is 0 Å². The topological polar surface area (TPSA) is 231 Å². The Morgan fingerprint density at radius 3 is 0.804 bits per heavy atom. The molecule has 0 spiro atoms. The molecular formula is C89H156O16P2. The third-order valence-corrected chi connectivity index (χ3v) is 20.1. The van der Waals surface area contributed by atoms with E-state index in [2.05, 4.69) is 142 Å². The van der Waals surface area contributed by atoms with Crippen LogP contribution in [0, 0.1) is 0 Å². The molecule has 0 saturated heterocycles. The lowest BCUT2D eigenvalue weighted by Gasteiger charge is -2.21. The fourth-order valence-corrected chi connectivity index (χ4v) is 13.3. The van der Waals surface area contributed by atoms with Gasteiger partial charge in [-0.1, -0.05) is 354 Å². The van der Waals surface area contributed by atoms with Crippen LogP contribution < -0.4 is 0 Å². The predicted molar refractivity (Wildman–Crippen MR) is 445 cm³/mol. The molecule has 107 heavy (non-hydrogen) atoms. The van der Waals surface area contributed by atoms with Gasteiger partial charge in [0.1, 0.15) is 25.4 Å². The Morgan fingerprint density at radius 1 is 0.271 bits per heavy atom. The summed E-state index contributed by atoms with van der Waals surface area (Å²) in [6.07, 6.45) is 98.3. The zero-order valence-electron chi connectivity index (χ0n) is 67.8. The van der Waals surface area contributed by atoms with Gasteiger partial charge in [-0.25, -0.2) is 9.13 Å². The minimum absolute atomic E-state index is 0.100. The van der Waals surface area contributed by atoms with E-state index >= 15 is 0 Å². The third-order valence-electron chi connectivity index (χ3n) is 18.2. The van der Waals surface area contributed by atoms with E-state index in [-0.39, 0.29) is 19.3 Å². The van der Waals surface area contributed by atoms with Gasteiger partial charge in [-0.05, 0) is 116 Å². The molecule has 0 aliphatic heterocycles. The summed E-state index contributed by atoms with van der Waals surface area (Å²) in [7, 11) is -9.80. The Balaban J connectivity index is 4.47. The maximum Gasteiger partial charge on any atom is 0.472 e. The zero-order chi connectivity index (χ0) is 78.0. The molecule has 0 fully saturated rings. The smallest absolute Gasteiger partial charge is 0.463 e. The SMILES string of the molecule is CC/C=C\C/C=C\C/C=C\C/C=C\C/C=C\C/C=C\CCCCCCC(=O)OCC(COP(=O)(O)OCC(O)COP(=O)(O)OCC(O)COC(=O)CCCCCCCCCCCCCCCCCCC/C=C\C/C=C\C/C=C\C/C=C\CCCCC)OC(=O)CCCCCCCCCCCCCCCCC. The molecule has 0 aliphatic rings. The lowest BCUT2D eigenvalue weighted by Crippen LogP contribution is -2.30. The molecule has 0 aliphatic carbocycles. The fourth-order valence-electron chi connectivity index (χ4n) is 11.7. The molecule has 0 aromatic heterocycles. The summed E-state index contributed by atoms with van der Waals surface area (Å²) in [6, 6.07) is 0. The van der Waals surface area contributed by atoms with Crippen LogP contribution in [0.1, 0.15) is 367 Å². The van der Waals surface area contributed by atoms with E-state index in [0.717, 1.165) is 128 Å². The standard InChI is InChI=1S/C89H156O16P2/c1-4-7-10-13-16-19-22-25-28-30-32-34-36-37-38-39-40-41-42-43-44-45-47-49-50-52-55-57-60-63-66-69-72-75-87(92)99-78-84(90)79-101-106(95,96)102-80-85(91)81-103-107(97,98)104-83-86(105-89(94)77-74-71-68-65-62-59-54-27-24-21-18-15-12-9-6-3)82-100-88(93)76-73-70-67-64-61-58-56-53-51-48-46-35-33-31-29-26-23-20-17-14-11-8-5-2/h8,11,16-17,19-20,25-26,28-29,32-35,37-38,48,51,56,58,84-86,90-91H,4-7,9-10,12-15,18,21-24,27,30-31,36,39-47,49-50,52-55,57,59-83H2,1-3H3,(H,95,96)(H,97,98)/b11-8-,19-16-,20-17-,28-25-,29-26-,34-32-,35-33-,38-37-,51-48-,58-56-. The van der Waals surface area contributed by atoms with Crippen molar-refractivity contribution in [1.29, 1.82) is 0 Å². The Kier molecular flexibility index (Phi) is 78.4. The second-order valence-electron chi connectivity index (χ2n) is 28.6. The van der Waals surface area contributed by atoms with Gasteiger partial charge in [-0.2, -0.15) is 0 Å². The number of aliphatic hydroxyl groups excluding tert-OH is 2.